The smallest absolute Gasteiger partial charge is 0.150 e. The van der Waals surface area contributed by atoms with Crippen molar-refractivity contribution in [3.8, 4) is 0 Å². The first-order chi connectivity index (χ1) is 10.7. The zero-order valence-corrected chi connectivity index (χ0v) is 15.9. The summed E-state index contributed by atoms with van der Waals surface area (Å²) in [6.07, 6.45) is 11.8. The maximum Gasteiger partial charge on any atom is 0.150 e. The van der Waals surface area contributed by atoms with Crippen molar-refractivity contribution in [2.24, 2.45) is 0 Å². The maximum atomic E-state index is 12.3. The van der Waals surface area contributed by atoms with E-state index in [0.717, 1.165) is 0 Å². The zero-order valence-electron chi connectivity index (χ0n) is 14.1. The van der Waals surface area contributed by atoms with Gasteiger partial charge in [-0.2, -0.15) is 21.8 Å². The van der Waals surface area contributed by atoms with E-state index in [2.05, 4.69) is 47.6 Å². The average Bonchev–Trinajstić information content (AvgIpc) is 3.13. The summed E-state index contributed by atoms with van der Waals surface area (Å²) < 4.78 is 0.204. The van der Waals surface area contributed by atoms with E-state index < -0.39 is 21.8 Å². The largest absolute Gasteiger partial charge is 0.298 e. The molecule has 2 aliphatic heterocycles. The van der Waals surface area contributed by atoms with Crippen LogP contribution in [-0.4, -0.2) is 10.4 Å². The molecule has 0 aromatic carbocycles. The second kappa shape index (κ2) is 8.83. The maximum absolute atomic E-state index is 12.3. The van der Waals surface area contributed by atoms with Gasteiger partial charge in [-0.05, 0) is 65.4 Å². The number of ketones is 1. The Labute approximate surface area is 141 Å². The lowest BCUT2D eigenvalue weighted by atomic mass is 10.1. The van der Waals surface area contributed by atoms with E-state index in [1.807, 2.05) is 0 Å². The van der Waals surface area contributed by atoms with E-state index in [9.17, 15) is 4.79 Å². The predicted molar refractivity (Wildman–Crippen MR) is 106 cm³/mol. The number of hydrogen-bond acceptors (Lipinski definition) is 1. The van der Waals surface area contributed by atoms with Crippen LogP contribution in [0.25, 0.3) is 0 Å². The lowest BCUT2D eigenvalue weighted by molar-refractivity contribution is -0.115. The highest BCUT2D eigenvalue weighted by Crippen LogP contribution is 2.56. The van der Waals surface area contributed by atoms with Crippen LogP contribution in [0, 0.1) is 0 Å². The van der Waals surface area contributed by atoms with E-state index in [4.69, 9.17) is 0 Å². The lowest BCUT2D eigenvalue weighted by Crippen LogP contribution is -2.14. The van der Waals surface area contributed by atoms with Crippen LogP contribution in [-0.2, 0) is 4.79 Å². The molecule has 2 heterocycles. The van der Waals surface area contributed by atoms with Crippen LogP contribution in [0.2, 0.25) is 0 Å². The number of unbranched alkanes of at least 4 members (excludes halogenated alkanes) is 2. The summed E-state index contributed by atoms with van der Waals surface area (Å²) in [5, 5.41) is 9.46. The fraction of sp³-hybridized carbons (Fsp3) is 0.526. The Hall–Kier alpha value is -0.670. The van der Waals surface area contributed by atoms with E-state index in [1.54, 1.807) is 6.92 Å². The molecule has 1 nitrogen and oxygen atoms in total. The van der Waals surface area contributed by atoms with Crippen LogP contribution in [0.3, 0.4) is 0 Å². The van der Waals surface area contributed by atoms with Crippen LogP contribution >= 0.6 is 21.8 Å². The summed E-state index contributed by atoms with van der Waals surface area (Å²) in [7, 11) is -0.812. The van der Waals surface area contributed by atoms with Gasteiger partial charge in [0, 0.05) is 0 Å². The molecule has 0 spiro atoms. The van der Waals surface area contributed by atoms with Gasteiger partial charge in [0.05, 0.1) is 4.58 Å². The van der Waals surface area contributed by atoms with E-state index in [0.29, 0.717) is 5.78 Å². The number of carbonyl (C=O) groups excluding carboxylic acids is 1. The molecule has 0 aromatic rings. The van der Waals surface area contributed by atoms with Crippen molar-refractivity contribution in [2.75, 3.05) is 0 Å². The van der Waals surface area contributed by atoms with Gasteiger partial charge in [-0.15, -0.1) is 0 Å². The minimum absolute atomic E-state index is 0.204. The molecule has 0 amide bonds. The van der Waals surface area contributed by atoms with E-state index in [-0.39, 0.29) is 4.58 Å². The molecule has 2 atom stereocenters. The van der Waals surface area contributed by atoms with Crippen molar-refractivity contribution in [1.82, 2.24) is 0 Å². The number of allylic oxidation sites excluding steroid dienone is 4. The molecule has 0 saturated carbocycles. The minimum Gasteiger partial charge on any atom is -0.298 e. The van der Waals surface area contributed by atoms with Crippen LogP contribution in [0.4, 0.5) is 0 Å². The Bertz CT molecular complexity index is 474. The summed E-state index contributed by atoms with van der Waals surface area (Å²) in [5.41, 5.74) is 2.90. The Morgan fingerprint density at radius 1 is 0.955 bits per heavy atom. The fourth-order valence-corrected chi connectivity index (χ4v) is 8.49. The number of thiol groups is 2. The third kappa shape index (κ3) is 4.66. The van der Waals surface area contributed by atoms with Gasteiger partial charge >= 0.3 is 0 Å². The molecule has 0 N–H and O–H groups in total. The number of carbonyl (C=O) groups is 1. The molecule has 22 heavy (non-hydrogen) atoms. The minimum atomic E-state index is -0.406. The van der Waals surface area contributed by atoms with Crippen LogP contribution < -0.4 is 0 Å². The summed E-state index contributed by atoms with van der Waals surface area (Å²) >= 11 is 0. The van der Waals surface area contributed by atoms with Crippen molar-refractivity contribution in [1.29, 1.82) is 0 Å². The number of hydrogen-bond donors (Lipinski definition) is 2. The molecule has 0 saturated heterocycles. The van der Waals surface area contributed by atoms with E-state index >= 15 is 0 Å². The van der Waals surface area contributed by atoms with Crippen LogP contribution in [0.15, 0.2) is 44.9 Å². The molecular weight excluding hydrogens is 308 g/mol. The summed E-state index contributed by atoms with van der Waals surface area (Å²) in [5.74, 6) is 0.368. The molecule has 0 bridgehead atoms. The zero-order chi connectivity index (χ0) is 15.9. The first kappa shape index (κ1) is 17.7. The monoisotopic (exact) mass is 338 g/mol. The third-order valence-corrected chi connectivity index (χ3v) is 9.82. The third-order valence-electron chi connectivity index (χ3n) is 4.12. The summed E-state index contributed by atoms with van der Waals surface area (Å²) in [6.45, 7) is 6.25. The predicted octanol–water partition coefficient (Wildman–Crippen LogP) is 6.11. The van der Waals surface area contributed by atoms with Gasteiger partial charge in [-0.1, -0.05) is 38.8 Å². The second-order valence-corrected chi connectivity index (χ2v) is 10.5. The first-order valence-electron chi connectivity index (χ1n) is 8.48. The van der Waals surface area contributed by atoms with Crippen molar-refractivity contribution in [3.63, 3.8) is 0 Å². The lowest BCUT2D eigenvalue weighted by Gasteiger charge is -2.28. The van der Waals surface area contributed by atoms with Crippen LogP contribution in [0.5, 0.6) is 0 Å². The quantitative estimate of drug-likeness (QED) is 0.485. The molecule has 124 valence electrons. The molecule has 0 radical (unpaired) electrons. The Balaban J connectivity index is 2.05. The molecule has 2 aliphatic rings. The average molecular weight is 339 g/mol. The van der Waals surface area contributed by atoms with Gasteiger partial charge in [0.2, 0.25) is 0 Å². The standard InChI is InChI=1S/C19H30OS2/c1-4-6-8-17-10-12-21(14-17)19(16(3)20)22-13-11-18(15-22)9-7-5-2/h10-15,19,21-22H,4-9H2,1-3H3. The molecule has 0 aliphatic carbocycles. The van der Waals surface area contributed by atoms with E-state index in [1.165, 1.54) is 49.7 Å². The highest BCUT2D eigenvalue weighted by Gasteiger charge is 2.27. The fourth-order valence-electron chi connectivity index (χ4n) is 2.85. The topological polar surface area (TPSA) is 17.1 Å². The first-order valence-corrected chi connectivity index (χ1v) is 11.6. The van der Waals surface area contributed by atoms with Crippen molar-refractivity contribution in [2.45, 2.75) is 63.9 Å². The van der Waals surface area contributed by atoms with Gasteiger partial charge in [0.15, 0.2) is 5.78 Å². The highest BCUT2D eigenvalue weighted by atomic mass is 32.3. The second-order valence-electron chi connectivity index (χ2n) is 6.13. The normalized spacial score (nSPS) is 27.8. The number of Topliss-reactive ketones (excluding diaryl/α,β-unsaturated/α-hetero) is 1. The summed E-state index contributed by atoms with van der Waals surface area (Å²) in [6, 6.07) is 0. The van der Waals surface area contributed by atoms with Gasteiger partial charge in [-0.3, -0.25) is 4.79 Å². The van der Waals surface area contributed by atoms with Crippen LogP contribution in [0.1, 0.15) is 59.3 Å². The van der Waals surface area contributed by atoms with Gasteiger partial charge in [-0.25, -0.2) is 0 Å². The highest BCUT2D eigenvalue weighted by molar-refractivity contribution is 8.39. The van der Waals surface area contributed by atoms with Crippen molar-refractivity contribution >= 4 is 27.6 Å². The Morgan fingerprint density at radius 2 is 1.41 bits per heavy atom. The molecule has 2 rings (SSSR count). The molecule has 2 unspecified atom stereocenters. The Morgan fingerprint density at radius 3 is 1.77 bits per heavy atom. The van der Waals surface area contributed by atoms with Crippen molar-refractivity contribution < 1.29 is 4.79 Å². The molecule has 3 heteroatoms. The molecule has 0 aromatic heterocycles. The molecule has 0 fully saturated rings. The Kier molecular flexibility index (Phi) is 7.10. The van der Waals surface area contributed by atoms with Crippen molar-refractivity contribution in [3.05, 3.63) is 44.9 Å². The number of rotatable bonds is 9. The van der Waals surface area contributed by atoms with Gasteiger partial charge < -0.3 is 0 Å². The summed E-state index contributed by atoms with van der Waals surface area (Å²) in [4.78, 5) is 12.3. The van der Waals surface area contributed by atoms with Gasteiger partial charge in [0.1, 0.15) is 0 Å². The SMILES string of the molecule is CCCCC1=C[SH](C(C(C)=O)[SH]2C=CC(CCCC)=C2)C=C1. The van der Waals surface area contributed by atoms with Gasteiger partial charge in [0.25, 0.3) is 0 Å². The molecular formula is C19H30OS2.